The largest absolute Gasteiger partial charge is 0.299 e. The highest BCUT2D eigenvalue weighted by atomic mass is 79.9. The molecule has 4 heteroatoms. The molecule has 15 heavy (non-hydrogen) atoms. The Hall–Kier alpha value is -1.29. The van der Waals surface area contributed by atoms with Gasteiger partial charge in [0, 0.05) is 15.6 Å². The number of halogens is 1. The van der Waals surface area contributed by atoms with Crippen molar-refractivity contribution < 1.29 is 14.4 Å². The number of rotatable bonds is 1. The van der Waals surface area contributed by atoms with Gasteiger partial charge in [0.1, 0.15) is 11.7 Å². The molecule has 0 saturated heterocycles. The normalized spacial score (nSPS) is 19.2. The summed E-state index contributed by atoms with van der Waals surface area (Å²) in [6.07, 6.45) is 0. The van der Waals surface area contributed by atoms with Gasteiger partial charge in [-0.15, -0.1) is 0 Å². The van der Waals surface area contributed by atoms with Gasteiger partial charge < -0.3 is 0 Å². The summed E-state index contributed by atoms with van der Waals surface area (Å²) in [5, 5.41) is 0. The molecule has 1 aliphatic rings. The summed E-state index contributed by atoms with van der Waals surface area (Å²) in [4.78, 5) is 34.6. The van der Waals surface area contributed by atoms with Crippen molar-refractivity contribution in [3.05, 3.63) is 33.8 Å². The summed E-state index contributed by atoms with van der Waals surface area (Å²) >= 11 is 3.22. The first-order chi connectivity index (χ1) is 7.02. The van der Waals surface area contributed by atoms with Crippen molar-refractivity contribution >= 4 is 33.3 Å². The predicted octanol–water partition coefficient (Wildman–Crippen LogP) is 2.03. The van der Waals surface area contributed by atoms with Crippen LogP contribution in [0.2, 0.25) is 0 Å². The van der Waals surface area contributed by atoms with E-state index >= 15 is 0 Å². The second-order valence-electron chi connectivity index (χ2n) is 3.46. The summed E-state index contributed by atoms with van der Waals surface area (Å²) in [7, 11) is 0. The Labute approximate surface area is 94.6 Å². The van der Waals surface area contributed by atoms with E-state index in [1.165, 1.54) is 6.92 Å². The Morgan fingerprint density at radius 3 is 2.40 bits per heavy atom. The zero-order valence-electron chi connectivity index (χ0n) is 7.91. The topological polar surface area (TPSA) is 51.2 Å². The van der Waals surface area contributed by atoms with Gasteiger partial charge in [0.15, 0.2) is 11.6 Å². The maximum Gasteiger partial charge on any atom is 0.181 e. The number of benzene rings is 1. The van der Waals surface area contributed by atoms with Crippen LogP contribution in [-0.4, -0.2) is 17.3 Å². The van der Waals surface area contributed by atoms with Crippen molar-refractivity contribution in [3.8, 4) is 0 Å². The van der Waals surface area contributed by atoms with Crippen molar-refractivity contribution in [1.82, 2.24) is 0 Å². The average molecular weight is 267 g/mol. The maximum atomic E-state index is 11.7. The highest BCUT2D eigenvalue weighted by Gasteiger charge is 2.41. The number of carbonyl (C=O) groups excluding carboxylic acids is 3. The molecule has 0 saturated carbocycles. The molecule has 3 nitrogen and oxygen atoms in total. The summed E-state index contributed by atoms with van der Waals surface area (Å²) < 4.78 is 0.728. The van der Waals surface area contributed by atoms with E-state index in [2.05, 4.69) is 15.9 Å². The summed E-state index contributed by atoms with van der Waals surface area (Å²) in [6.45, 7) is 1.27. The number of fused-ring (bicyclic) bond motifs is 1. The van der Waals surface area contributed by atoms with Crippen molar-refractivity contribution in [2.75, 3.05) is 0 Å². The smallest absolute Gasteiger partial charge is 0.181 e. The molecule has 0 fully saturated rings. The molecule has 0 heterocycles. The van der Waals surface area contributed by atoms with Gasteiger partial charge >= 0.3 is 0 Å². The zero-order valence-corrected chi connectivity index (χ0v) is 9.50. The van der Waals surface area contributed by atoms with E-state index in [0.29, 0.717) is 11.1 Å². The highest BCUT2D eigenvalue weighted by Crippen LogP contribution is 2.29. The molecule has 1 aliphatic carbocycles. The quantitative estimate of drug-likeness (QED) is 0.731. The molecule has 0 spiro atoms. The lowest BCUT2D eigenvalue weighted by Gasteiger charge is -1.98. The fourth-order valence-corrected chi connectivity index (χ4v) is 2.10. The van der Waals surface area contributed by atoms with Crippen LogP contribution in [0, 0.1) is 5.92 Å². The van der Waals surface area contributed by atoms with Gasteiger partial charge in [-0.1, -0.05) is 15.9 Å². The first-order valence-corrected chi connectivity index (χ1v) is 5.20. The third kappa shape index (κ3) is 1.45. The number of hydrogen-bond acceptors (Lipinski definition) is 3. The molecule has 0 amide bonds. The molecule has 0 radical (unpaired) electrons. The second kappa shape index (κ2) is 3.38. The maximum absolute atomic E-state index is 11.7. The molecule has 0 unspecified atom stereocenters. The van der Waals surface area contributed by atoms with Crippen LogP contribution >= 0.6 is 15.9 Å². The lowest BCUT2D eigenvalue weighted by Crippen LogP contribution is -2.22. The Balaban J connectivity index is 2.60. The SMILES string of the molecule is CC(=O)[C@@H]1C(=O)c2ccc(Br)cc2C1=O. The second-order valence-corrected chi connectivity index (χ2v) is 4.38. The van der Waals surface area contributed by atoms with Crippen LogP contribution < -0.4 is 0 Å². The minimum absolute atomic E-state index is 0.342. The average Bonchev–Trinajstić information content (AvgIpc) is 2.39. The monoisotopic (exact) mass is 266 g/mol. The molecule has 1 aromatic carbocycles. The summed E-state index contributed by atoms with van der Waals surface area (Å²) in [5.74, 6) is -2.27. The van der Waals surface area contributed by atoms with Gasteiger partial charge in [-0.05, 0) is 25.1 Å². The first kappa shape index (κ1) is 10.2. The number of ketones is 3. The minimum atomic E-state index is -1.12. The van der Waals surface area contributed by atoms with Gasteiger partial charge in [-0.2, -0.15) is 0 Å². The third-order valence-corrected chi connectivity index (χ3v) is 2.94. The van der Waals surface area contributed by atoms with Crippen molar-refractivity contribution in [2.24, 2.45) is 5.92 Å². The van der Waals surface area contributed by atoms with Crippen LogP contribution in [0.25, 0.3) is 0 Å². The van der Waals surface area contributed by atoms with Gasteiger partial charge in [0.25, 0.3) is 0 Å². The van der Waals surface area contributed by atoms with Crippen LogP contribution in [0.1, 0.15) is 27.6 Å². The van der Waals surface area contributed by atoms with Gasteiger partial charge in [-0.25, -0.2) is 0 Å². The van der Waals surface area contributed by atoms with Crippen LogP contribution in [0.5, 0.6) is 0 Å². The molecule has 0 aliphatic heterocycles. The lowest BCUT2D eigenvalue weighted by atomic mass is 10.00. The van der Waals surface area contributed by atoms with Gasteiger partial charge in [0.2, 0.25) is 0 Å². The summed E-state index contributed by atoms with van der Waals surface area (Å²) in [6, 6.07) is 4.84. The lowest BCUT2D eigenvalue weighted by molar-refractivity contribution is -0.118. The Morgan fingerprint density at radius 1 is 1.20 bits per heavy atom. The van der Waals surface area contributed by atoms with Crippen molar-refractivity contribution in [1.29, 1.82) is 0 Å². The fraction of sp³-hybridized carbons (Fsp3) is 0.182. The standard InChI is InChI=1S/C11H7BrO3/c1-5(13)9-10(14)7-3-2-6(12)4-8(7)11(9)15/h2-4,9H,1H3/t9-/m1/s1. The van der Waals surface area contributed by atoms with Gasteiger partial charge in [0.05, 0.1) is 0 Å². The Morgan fingerprint density at radius 2 is 1.80 bits per heavy atom. The number of hydrogen-bond donors (Lipinski definition) is 0. The van der Waals surface area contributed by atoms with Crippen LogP contribution in [0.4, 0.5) is 0 Å². The Bertz CT molecular complexity index is 491. The van der Waals surface area contributed by atoms with E-state index in [0.717, 1.165) is 4.47 Å². The molecule has 0 aromatic heterocycles. The molecular weight excluding hydrogens is 260 g/mol. The number of carbonyl (C=O) groups is 3. The van der Waals surface area contributed by atoms with Crippen LogP contribution in [-0.2, 0) is 4.79 Å². The fourth-order valence-electron chi connectivity index (χ4n) is 1.73. The van der Waals surface area contributed by atoms with E-state index in [9.17, 15) is 14.4 Å². The molecule has 1 atom stereocenters. The number of Topliss-reactive ketones (excluding diaryl/α,β-unsaturated/α-hetero) is 3. The van der Waals surface area contributed by atoms with Crippen molar-refractivity contribution in [2.45, 2.75) is 6.92 Å². The van der Waals surface area contributed by atoms with E-state index < -0.39 is 11.7 Å². The van der Waals surface area contributed by atoms with E-state index in [1.54, 1.807) is 18.2 Å². The van der Waals surface area contributed by atoms with Crippen LogP contribution in [0.15, 0.2) is 22.7 Å². The summed E-state index contributed by atoms with van der Waals surface area (Å²) in [5.41, 5.74) is 0.693. The first-order valence-electron chi connectivity index (χ1n) is 4.41. The predicted molar refractivity (Wildman–Crippen MR) is 57.0 cm³/mol. The zero-order chi connectivity index (χ0) is 11.2. The van der Waals surface area contributed by atoms with Gasteiger partial charge in [-0.3, -0.25) is 14.4 Å². The molecule has 0 N–H and O–H groups in total. The third-order valence-electron chi connectivity index (χ3n) is 2.44. The molecular formula is C11H7BrO3. The highest BCUT2D eigenvalue weighted by molar-refractivity contribution is 9.10. The van der Waals surface area contributed by atoms with E-state index in [-0.39, 0.29) is 11.6 Å². The van der Waals surface area contributed by atoms with E-state index in [1.807, 2.05) is 0 Å². The Kier molecular flexibility index (Phi) is 2.31. The van der Waals surface area contributed by atoms with Crippen molar-refractivity contribution in [3.63, 3.8) is 0 Å². The van der Waals surface area contributed by atoms with Crippen LogP contribution in [0.3, 0.4) is 0 Å². The van der Waals surface area contributed by atoms with E-state index in [4.69, 9.17) is 0 Å². The molecule has 76 valence electrons. The molecule has 0 bridgehead atoms. The molecule has 2 rings (SSSR count). The molecule has 1 aromatic rings. The minimum Gasteiger partial charge on any atom is -0.299 e.